The van der Waals surface area contributed by atoms with Crippen LogP contribution >= 0.6 is 15.9 Å². The molecule has 1 aromatic rings. The van der Waals surface area contributed by atoms with Crippen LogP contribution in [0.5, 0.6) is 0 Å². The molecule has 0 bridgehead atoms. The molecule has 0 amide bonds. The lowest BCUT2D eigenvalue weighted by atomic mass is 10.4. The Bertz CT molecular complexity index is 331. The summed E-state index contributed by atoms with van der Waals surface area (Å²) in [7, 11) is 0. The molecule has 2 rings (SSSR count). The second kappa shape index (κ2) is 6.15. The van der Waals surface area contributed by atoms with E-state index in [1.54, 1.807) is 6.20 Å². The molecule has 0 saturated heterocycles. The molecule has 1 N–H and O–H groups in total. The highest BCUT2D eigenvalue weighted by Crippen LogP contribution is 2.28. The zero-order chi connectivity index (χ0) is 11.2. The molecule has 5 heteroatoms. The first-order chi connectivity index (χ1) is 7.86. The Morgan fingerprint density at radius 2 is 2.38 bits per heavy atom. The number of rotatable bonds is 7. The average molecular weight is 286 g/mol. The minimum absolute atomic E-state index is 0.826. The first kappa shape index (κ1) is 11.8. The van der Waals surface area contributed by atoms with Gasteiger partial charge in [0.2, 0.25) is 0 Å². The van der Waals surface area contributed by atoms with Gasteiger partial charge >= 0.3 is 0 Å². The molecule has 0 spiro atoms. The minimum Gasteiger partial charge on any atom is -0.381 e. The van der Waals surface area contributed by atoms with Crippen LogP contribution in [0.1, 0.15) is 19.3 Å². The number of hydrogen-bond acceptors (Lipinski definition) is 4. The van der Waals surface area contributed by atoms with E-state index in [9.17, 15) is 0 Å². The number of ether oxygens (including phenoxy) is 1. The van der Waals surface area contributed by atoms with Gasteiger partial charge in [0.25, 0.3) is 0 Å². The predicted molar refractivity (Wildman–Crippen MR) is 66.4 cm³/mol. The molecule has 0 atom stereocenters. The summed E-state index contributed by atoms with van der Waals surface area (Å²) in [6.45, 7) is 2.64. The predicted octanol–water partition coefficient (Wildman–Crippen LogP) is 2.47. The highest BCUT2D eigenvalue weighted by atomic mass is 79.9. The molecule has 4 nitrogen and oxygen atoms in total. The molecule has 1 aromatic heterocycles. The second-order valence-corrected chi connectivity index (χ2v) is 4.87. The van der Waals surface area contributed by atoms with Crippen molar-refractivity contribution in [3.63, 3.8) is 0 Å². The van der Waals surface area contributed by atoms with Gasteiger partial charge in [-0.05, 0) is 41.1 Å². The lowest BCUT2D eigenvalue weighted by Gasteiger charge is -2.06. The maximum atomic E-state index is 5.54. The molecule has 1 saturated carbocycles. The van der Waals surface area contributed by atoms with E-state index in [1.807, 2.05) is 0 Å². The standard InChI is InChI=1S/C11H16BrN3O/c12-10-6-13-8-15-11(10)14-4-1-5-16-7-9-2-3-9/h6,8-9H,1-5,7H2,(H,13,14,15). The maximum Gasteiger partial charge on any atom is 0.143 e. The summed E-state index contributed by atoms with van der Waals surface area (Å²) < 4.78 is 6.44. The van der Waals surface area contributed by atoms with Crippen LogP contribution in [-0.2, 0) is 4.74 Å². The van der Waals surface area contributed by atoms with Gasteiger partial charge in [-0.1, -0.05) is 0 Å². The van der Waals surface area contributed by atoms with Crippen molar-refractivity contribution in [3.05, 3.63) is 17.0 Å². The highest BCUT2D eigenvalue weighted by Gasteiger charge is 2.20. The third-order valence-electron chi connectivity index (χ3n) is 2.48. The van der Waals surface area contributed by atoms with Crippen molar-refractivity contribution in [1.29, 1.82) is 0 Å². The van der Waals surface area contributed by atoms with Crippen LogP contribution in [-0.4, -0.2) is 29.7 Å². The number of aromatic nitrogens is 2. The van der Waals surface area contributed by atoms with Gasteiger partial charge in [-0.15, -0.1) is 0 Å². The van der Waals surface area contributed by atoms with E-state index >= 15 is 0 Å². The van der Waals surface area contributed by atoms with Crippen molar-refractivity contribution in [2.24, 2.45) is 5.92 Å². The fourth-order valence-corrected chi connectivity index (χ4v) is 1.72. The lowest BCUT2D eigenvalue weighted by molar-refractivity contribution is 0.124. The smallest absolute Gasteiger partial charge is 0.143 e. The number of halogens is 1. The number of anilines is 1. The summed E-state index contributed by atoms with van der Waals surface area (Å²) in [5.41, 5.74) is 0. The molecule has 0 unspecified atom stereocenters. The van der Waals surface area contributed by atoms with Crippen LogP contribution in [0.4, 0.5) is 5.82 Å². The topological polar surface area (TPSA) is 47.0 Å². The van der Waals surface area contributed by atoms with Crippen LogP contribution in [0, 0.1) is 5.92 Å². The average Bonchev–Trinajstić information content (AvgIpc) is 3.09. The van der Waals surface area contributed by atoms with Gasteiger partial charge in [0.05, 0.1) is 4.47 Å². The normalized spacial score (nSPS) is 15.1. The monoisotopic (exact) mass is 285 g/mol. The molecule has 16 heavy (non-hydrogen) atoms. The molecule has 0 aromatic carbocycles. The summed E-state index contributed by atoms with van der Waals surface area (Å²) in [4.78, 5) is 8.03. The number of hydrogen-bond donors (Lipinski definition) is 1. The Labute approximate surface area is 104 Å². The van der Waals surface area contributed by atoms with Crippen LogP contribution in [0.15, 0.2) is 17.0 Å². The van der Waals surface area contributed by atoms with E-state index in [0.29, 0.717) is 0 Å². The fraction of sp³-hybridized carbons (Fsp3) is 0.636. The van der Waals surface area contributed by atoms with E-state index in [2.05, 4.69) is 31.2 Å². The van der Waals surface area contributed by atoms with E-state index in [1.165, 1.54) is 19.2 Å². The zero-order valence-electron chi connectivity index (χ0n) is 9.16. The fourth-order valence-electron chi connectivity index (χ4n) is 1.36. The van der Waals surface area contributed by atoms with Crippen molar-refractivity contribution >= 4 is 21.7 Å². The first-order valence-electron chi connectivity index (χ1n) is 5.63. The number of nitrogens with one attached hydrogen (secondary N) is 1. The lowest BCUT2D eigenvalue weighted by Crippen LogP contribution is -2.08. The van der Waals surface area contributed by atoms with E-state index < -0.39 is 0 Å². The van der Waals surface area contributed by atoms with Gasteiger partial charge in [0.15, 0.2) is 0 Å². The largest absolute Gasteiger partial charge is 0.381 e. The van der Waals surface area contributed by atoms with Crippen molar-refractivity contribution < 1.29 is 4.74 Å². The number of nitrogens with zero attached hydrogens (tertiary/aromatic N) is 2. The van der Waals surface area contributed by atoms with Gasteiger partial charge in [0.1, 0.15) is 12.1 Å². The molecule has 0 radical (unpaired) electrons. The molecular weight excluding hydrogens is 270 g/mol. The van der Waals surface area contributed by atoms with Gasteiger partial charge in [-0.2, -0.15) is 0 Å². The summed E-state index contributed by atoms with van der Waals surface area (Å²) in [5, 5.41) is 3.24. The first-order valence-corrected chi connectivity index (χ1v) is 6.42. The van der Waals surface area contributed by atoms with Crippen molar-refractivity contribution in [3.8, 4) is 0 Å². The van der Waals surface area contributed by atoms with Crippen molar-refractivity contribution in [1.82, 2.24) is 9.97 Å². The maximum absolute atomic E-state index is 5.54. The van der Waals surface area contributed by atoms with Crippen LogP contribution in [0.3, 0.4) is 0 Å². The van der Waals surface area contributed by atoms with E-state index in [-0.39, 0.29) is 0 Å². The van der Waals surface area contributed by atoms with E-state index in [4.69, 9.17) is 4.74 Å². The summed E-state index contributed by atoms with van der Waals surface area (Å²) in [6, 6.07) is 0. The third-order valence-corrected chi connectivity index (χ3v) is 3.06. The highest BCUT2D eigenvalue weighted by molar-refractivity contribution is 9.10. The Kier molecular flexibility index (Phi) is 4.54. The van der Waals surface area contributed by atoms with E-state index in [0.717, 1.165) is 42.4 Å². The molecule has 1 aliphatic rings. The second-order valence-electron chi connectivity index (χ2n) is 4.02. The summed E-state index contributed by atoms with van der Waals surface area (Å²) in [5.74, 6) is 1.70. The molecule has 1 heterocycles. The molecular formula is C11H16BrN3O. The van der Waals surface area contributed by atoms with Crippen LogP contribution < -0.4 is 5.32 Å². The van der Waals surface area contributed by atoms with Gasteiger partial charge in [-0.3, -0.25) is 0 Å². The van der Waals surface area contributed by atoms with Crippen LogP contribution in [0.2, 0.25) is 0 Å². The molecule has 1 fully saturated rings. The quantitative estimate of drug-likeness (QED) is 0.782. The molecule has 1 aliphatic carbocycles. The summed E-state index contributed by atoms with van der Waals surface area (Å²) in [6.07, 6.45) is 6.98. The Hall–Kier alpha value is -0.680. The Balaban J connectivity index is 1.55. The van der Waals surface area contributed by atoms with Crippen molar-refractivity contribution in [2.75, 3.05) is 25.1 Å². The Morgan fingerprint density at radius 1 is 1.50 bits per heavy atom. The zero-order valence-corrected chi connectivity index (χ0v) is 10.7. The molecule has 88 valence electrons. The third kappa shape index (κ3) is 4.06. The van der Waals surface area contributed by atoms with Gasteiger partial charge in [-0.25, -0.2) is 9.97 Å². The minimum atomic E-state index is 0.826. The Morgan fingerprint density at radius 3 is 3.12 bits per heavy atom. The van der Waals surface area contributed by atoms with Crippen molar-refractivity contribution in [2.45, 2.75) is 19.3 Å². The van der Waals surface area contributed by atoms with Gasteiger partial charge in [0, 0.05) is 26.0 Å². The summed E-state index contributed by atoms with van der Waals surface area (Å²) >= 11 is 3.39. The van der Waals surface area contributed by atoms with Gasteiger partial charge < -0.3 is 10.1 Å². The van der Waals surface area contributed by atoms with Crippen LogP contribution in [0.25, 0.3) is 0 Å². The SMILES string of the molecule is Brc1cncnc1NCCCOCC1CC1. The molecule has 0 aliphatic heterocycles.